The molecule has 0 atom stereocenters. The Kier molecular flexibility index (Phi) is 6.74. The first-order valence-corrected chi connectivity index (χ1v) is 10.3. The van der Waals surface area contributed by atoms with Crippen molar-refractivity contribution in [3.8, 4) is 0 Å². The fourth-order valence-electron chi connectivity index (χ4n) is 3.53. The number of aryl methyl sites for hydroxylation is 2. The number of benzene rings is 2. The van der Waals surface area contributed by atoms with E-state index < -0.39 is 11.2 Å². The minimum Gasteiger partial charge on any atom is -0.383 e. The molecule has 162 valence electrons. The van der Waals surface area contributed by atoms with Crippen LogP contribution in [0.25, 0.3) is 0 Å². The first kappa shape index (κ1) is 22.1. The van der Waals surface area contributed by atoms with Gasteiger partial charge < -0.3 is 10.6 Å². The van der Waals surface area contributed by atoms with Crippen LogP contribution < -0.4 is 21.9 Å². The summed E-state index contributed by atoms with van der Waals surface area (Å²) in [5.41, 5.74) is 9.01. The summed E-state index contributed by atoms with van der Waals surface area (Å²) in [6.45, 7) is 6.44. The number of rotatable bonds is 7. The van der Waals surface area contributed by atoms with Crippen LogP contribution in [0, 0.1) is 13.8 Å². The Morgan fingerprint density at radius 2 is 1.74 bits per heavy atom. The number of carbonyl (C=O) groups excluding carboxylic acids is 1. The first-order valence-electron chi connectivity index (χ1n) is 10.3. The molecular weight excluding hydrogens is 392 g/mol. The monoisotopic (exact) mass is 420 g/mol. The van der Waals surface area contributed by atoms with Crippen LogP contribution in [-0.4, -0.2) is 22.0 Å². The smallest absolute Gasteiger partial charge is 0.330 e. The van der Waals surface area contributed by atoms with Gasteiger partial charge in [-0.2, -0.15) is 0 Å². The normalized spacial score (nSPS) is 10.8. The van der Waals surface area contributed by atoms with Gasteiger partial charge in [0, 0.05) is 6.54 Å². The second kappa shape index (κ2) is 9.47. The van der Waals surface area contributed by atoms with Gasteiger partial charge in [-0.05, 0) is 42.5 Å². The van der Waals surface area contributed by atoms with E-state index in [0.29, 0.717) is 13.0 Å². The van der Waals surface area contributed by atoms with E-state index in [4.69, 9.17) is 5.73 Å². The average Bonchev–Trinajstić information content (AvgIpc) is 2.73. The third kappa shape index (κ3) is 4.94. The van der Waals surface area contributed by atoms with Crippen molar-refractivity contribution in [3.05, 3.63) is 91.6 Å². The van der Waals surface area contributed by atoms with Crippen molar-refractivity contribution in [2.24, 2.45) is 0 Å². The molecule has 7 nitrogen and oxygen atoms in total. The summed E-state index contributed by atoms with van der Waals surface area (Å²) in [6, 6.07) is 15.2. The molecule has 1 aromatic heterocycles. The fraction of sp³-hybridized carbons (Fsp3) is 0.292. The van der Waals surface area contributed by atoms with Crippen molar-refractivity contribution in [2.45, 2.75) is 40.2 Å². The van der Waals surface area contributed by atoms with Crippen molar-refractivity contribution in [1.82, 2.24) is 9.55 Å². The van der Waals surface area contributed by atoms with E-state index in [1.54, 1.807) is 0 Å². The Hall–Kier alpha value is -3.61. The SMILES string of the molecule is CCCN(C(=O)Cc1ccc(C)c(C)c1)c1c(N)n(Cc2ccccc2)c(=O)[nH]c1=O. The summed E-state index contributed by atoms with van der Waals surface area (Å²) in [4.78, 5) is 42.0. The van der Waals surface area contributed by atoms with Gasteiger partial charge in [-0.3, -0.25) is 19.1 Å². The van der Waals surface area contributed by atoms with Gasteiger partial charge in [-0.1, -0.05) is 55.5 Å². The zero-order chi connectivity index (χ0) is 22.5. The maximum absolute atomic E-state index is 13.2. The minimum atomic E-state index is -0.659. The lowest BCUT2D eigenvalue weighted by Crippen LogP contribution is -2.42. The number of anilines is 2. The van der Waals surface area contributed by atoms with E-state index in [9.17, 15) is 14.4 Å². The van der Waals surface area contributed by atoms with Crippen LogP contribution in [0.15, 0.2) is 58.1 Å². The molecule has 0 saturated carbocycles. The molecule has 0 saturated heterocycles. The predicted molar refractivity (Wildman–Crippen MR) is 124 cm³/mol. The highest BCUT2D eigenvalue weighted by atomic mass is 16.2. The zero-order valence-corrected chi connectivity index (χ0v) is 18.1. The third-order valence-electron chi connectivity index (χ3n) is 5.34. The molecule has 3 rings (SSSR count). The highest BCUT2D eigenvalue weighted by molar-refractivity contribution is 5.96. The largest absolute Gasteiger partial charge is 0.383 e. The molecule has 0 aliphatic carbocycles. The van der Waals surface area contributed by atoms with Crippen molar-refractivity contribution in [2.75, 3.05) is 17.2 Å². The van der Waals surface area contributed by atoms with Crippen LogP contribution in [0.2, 0.25) is 0 Å². The Morgan fingerprint density at radius 3 is 2.39 bits per heavy atom. The lowest BCUT2D eigenvalue weighted by Gasteiger charge is -2.24. The molecule has 0 aliphatic rings. The number of nitrogens with one attached hydrogen (secondary N) is 1. The third-order valence-corrected chi connectivity index (χ3v) is 5.34. The quantitative estimate of drug-likeness (QED) is 0.614. The number of nitrogen functional groups attached to an aromatic ring is 1. The van der Waals surface area contributed by atoms with E-state index in [1.807, 2.05) is 69.3 Å². The Morgan fingerprint density at radius 1 is 1.03 bits per heavy atom. The molecule has 31 heavy (non-hydrogen) atoms. The Labute approximate surface area is 181 Å². The number of hydrogen-bond acceptors (Lipinski definition) is 4. The number of hydrogen-bond donors (Lipinski definition) is 2. The van der Waals surface area contributed by atoms with Gasteiger partial charge in [0.15, 0.2) is 5.69 Å². The van der Waals surface area contributed by atoms with Crippen LogP contribution in [0.1, 0.15) is 35.6 Å². The van der Waals surface area contributed by atoms with E-state index in [-0.39, 0.29) is 30.4 Å². The van der Waals surface area contributed by atoms with Crippen LogP contribution in [0.5, 0.6) is 0 Å². The van der Waals surface area contributed by atoms with Crippen LogP contribution >= 0.6 is 0 Å². The number of nitrogens with two attached hydrogens (primary N) is 1. The molecule has 1 amide bonds. The van der Waals surface area contributed by atoms with Gasteiger partial charge in [0.25, 0.3) is 5.56 Å². The average molecular weight is 421 g/mol. The molecule has 0 unspecified atom stereocenters. The lowest BCUT2D eigenvalue weighted by atomic mass is 10.0. The topological polar surface area (TPSA) is 101 Å². The number of aromatic amines is 1. The molecule has 1 heterocycles. The van der Waals surface area contributed by atoms with Crippen LogP contribution in [0.4, 0.5) is 11.5 Å². The predicted octanol–water partition coefficient (Wildman–Crippen LogP) is 2.77. The standard InChI is InChI=1S/C24H28N4O3/c1-4-12-27(20(29)14-19-11-10-16(2)17(3)13-19)21-22(25)28(24(31)26-23(21)30)15-18-8-6-5-7-9-18/h5-11,13H,4,12,14-15,25H2,1-3H3,(H,26,30,31). The van der Waals surface area contributed by atoms with E-state index in [2.05, 4.69) is 4.98 Å². The second-order valence-electron chi connectivity index (χ2n) is 7.71. The van der Waals surface area contributed by atoms with Crippen molar-refractivity contribution in [1.29, 1.82) is 0 Å². The molecule has 0 fully saturated rings. The second-order valence-corrected chi connectivity index (χ2v) is 7.71. The van der Waals surface area contributed by atoms with E-state index in [1.165, 1.54) is 9.47 Å². The Bertz CT molecular complexity index is 1200. The highest BCUT2D eigenvalue weighted by Crippen LogP contribution is 2.20. The summed E-state index contributed by atoms with van der Waals surface area (Å²) < 4.78 is 1.29. The summed E-state index contributed by atoms with van der Waals surface area (Å²) in [6.07, 6.45) is 0.771. The Balaban J connectivity index is 2.00. The number of aromatic nitrogens is 2. The molecule has 2 aromatic carbocycles. The van der Waals surface area contributed by atoms with Gasteiger partial charge in [0.1, 0.15) is 5.82 Å². The van der Waals surface area contributed by atoms with Crippen molar-refractivity contribution in [3.63, 3.8) is 0 Å². The lowest BCUT2D eigenvalue weighted by molar-refractivity contribution is -0.118. The molecular formula is C24H28N4O3. The molecule has 0 spiro atoms. The van der Waals surface area contributed by atoms with E-state index in [0.717, 1.165) is 22.3 Å². The molecule has 0 aliphatic heterocycles. The zero-order valence-electron chi connectivity index (χ0n) is 18.1. The number of amides is 1. The first-order chi connectivity index (χ1) is 14.8. The van der Waals surface area contributed by atoms with Crippen molar-refractivity contribution >= 4 is 17.4 Å². The number of nitrogens with zero attached hydrogens (tertiary/aromatic N) is 2. The van der Waals surface area contributed by atoms with Gasteiger partial charge in [0.2, 0.25) is 5.91 Å². The van der Waals surface area contributed by atoms with Gasteiger partial charge >= 0.3 is 5.69 Å². The highest BCUT2D eigenvalue weighted by Gasteiger charge is 2.24. The summed E-state index contributed by atoms with van der Waals surface area (Å²) in [5.74, 6) is -0.258. The minimum absolute atomic E-state index is 0.0144. The molecule has 3 N–H and O–H groups in total. The van der Waals surface area contributed by atoms with E-state index >= 15 is 0 Å². The molecule has 0 radical (unpaired) electrons. The number of carbonyl (C=O) groups is 1. The van der Waals surface area contributed by atoms with Gasteiger partial charge in [0.05, 0.1) is 13.0 Å². The summed E-state index contributed by atoms with van der Waals surface area (Å²) in [5, 5.41) is 0. The molecule has 3 aromatic rings. The van der Waals surface area contributed by atoms with Crippen LogP contribution in [-0.2, 0) is 17.8 Å². The maximum Gasteiger partial charge on any atom is 0.330 e. The number of H-pyrrole nitrogens is 1. The van der Waals surface area contributed by atoms with Gasteiger partial charge in [-0.25, -0.2) is 4.79 Å². The summed E-state index contributed by atoms with van der Waals surface area (Å²) in [7, 11) is 0. The maximum atomic E-state index is 13.2. The van der Waals surface area contributed by atoms with Crippen molar-refractivity contribution < 1.29 is 4.79 Å². The fourth-order valence-corrected chi connectivity index (χ4v) is 3.53. The van der Waals surface area contributed by atoms with Gasteiger partial charge in [-0.15, -0.1) is 0 Å². The summed E-state index contributed by atoms with van der Waals surface area (Å²) >= 11 is 0. The van der Waals surface area contributed by atoms with Crippen LogP contribution in [0.3, 0.4) is 0 Å². The molecule has 7 heteroatoms. The molecule has 0 bridgehead atoms.